The normalized spacial score (nSPS) is 20.6. The third-order valence-electron chi connectivity index (χ3n) is 5.94. The molecular formula is C22H27N3O3S. The molecule has 2 atom stereocenters. The van der Waals surface area contributed by atoms with E-state index in [1.165, 1.54) is 10.9 Å². The van der Waals surface area contributed by atoms with Crippen LogP contribution in [0.1, 0.15) is 11.5 Å². The van der Waals surface area contributed by atoms with Crippen molar-refractivity contribution < 1.29 is 13.2 Å². The molecular weight excluding hydrogens is 386 g/mol. The van der Waals surface area contributed by atoms with E-state index in [-0.39, 0.29) is 12.0 Å². The molecule has 0 bridgehead atoms. The fourth-order valence-corrected chi connectivity index (χ4v) is 5.83. The summed E-state index contributed by atoms with van der Waals surface area (Å²) in [7, 11) is 4.08. The number of nitrogens with zero attached hydrogens (tertiary/aromatic N) is 3. The molecule has 6 nitrogen and oxygen atoms in total. The van der Waals surface area contributed by atoms with E-state index in [2.05, 4.69) is 27.8 Å². The van der Waals surface area contributed by atoms with Gasteiger partial charge in [-0.1, -0.05) is 18.2 Å². The van der Waals surface area contributed by atoms with E-state index in [1.54, 1.807) is 35.7 Å². The summed E-state index contributed by atoms with van der Waals surface area (Å²) < 4.78 is 35.5. The minimum atomic E-state index is -3.57. The standard InChI is InChI=1S/C22H27N3O3S/c1-23(2)22-15-25(29(26,27)17-11-9-16(28-4)10-12-17)14-20(22)19-13-24(3)21-8-6-5-7-18(19)21/h5-13,20,22H,14-15H2,1-4H3/t20-,22+/m0/s1. The summed E-state index contributed by atoms with van der Waals surface area (Å²) in [6.45, 7) is 0.931. The summed E-state index contributed by atoms with van der Waals surface area (Å²) >= 11 is 0. The van der Waals surface area contributed by atoms with E-state index in [4.69, 9.17) is 4.74 Å². The van der Waals surface area contributed by atoms with Crippen LogP contribution in [0.2, 0.25) is 0 Å². The van der Waals surface area contributed by atoms with Crippen LogP contribution in [0.4, 0.5) is 0 Å². The van der Waals surface area contributed by atoms with Crippen molar-refractivity contribution in [1.82, 2.24) is 13.8 Å². The van der Waals surface area contributed by atoms with Gasteiger partial charge in [0.05, 0.1) is 12.0 Å². The first kappa shape index (κ1) is 19.9. The fourth-order valence-electron chi connectivity index (χ4n) is 4.34. The highest BCUT2D eigenvalue weighted by Crippen LogP contribution is 2.37. The van der Waals surface area contributed by atoms with Crippen LogP contribution in [0.3, 0.4) is 0 Å². The highest BCUT2D eigenvalue weighted by molar-refractivity contribution is 7.89. The maximum absolute atomic E-state index is 13.3. The Morgan fingerprint density at radius 3 is 2.38 bits per heavy atom. The van der Waals surface area contributed by atoms with Crippen molar-refractivity contribution in [1.29, 1.82) is 0 Å². The third kappa shape index (κ3) is 3.43. The number of hydrogen-bond acceptors (Lipinski definition) is 4. The zero-order valence-electron chi connectivity index (χ0n) is 17.2. The van der Waals surface area contributed by atoms with Gasteiger partial charge in [0.25, 0.3) is 0 Å². The maximum Gasteiger partial charge on any atom is 0.243 e. The number of aromatic nitrogens is 1. The number of fused-ring (bicyclic) bond motifs is 1. The molecule has 2 aromatic carbocycles. The molecule has 7 heteroatoms. The topological polar surface area (TPSA) is 54.8 Å². The third-order valence-corrected chi connectivity index (χ3v) is 7.79. The molecule has 1 fully saturated rings. The minimum Gasteiger partial charge on any atom is -0.497 e. The molecule has 0 amide bonds. The van der Waals surface area contributed by atoms with E-state index in [9.17, 15) is 8.42 Å². The molecule has 0 aliphatic carbocycles. The lowest BCUT2D eigenvalue weighted by molar-refractivity contribution is 0.285. The predicted molar refractivity (Wildman–Crippen MR) is 115 cm³/mol. The van der Waals surface area contributed by atoms with Crippen LogP contribution in [0, 0.1) is 0 Å². The number of ether oxygens (including phenoxy) is 1. The van der Waals surface area contributed by atoms with Gasteiger partial charge in [-0.3, -0.25) is 0 Å². The van der Waals surface area contributed by atoms with Crippen molar-refractivity contribution in [2.75, 3.05) is 34.3 Å². The lowest BCUT2D eigenvalue weighted by Gasteiger charge is -2.25. The van der Waals surface area contributed by atoms with Crippen molar-refractivity contribution >= 4 is 20.9 Å². The van der Waals surface area contributed by atoms with Gasteiger partial charge < -0.3 is 14.2 Å². The number of hydrogen-bond donors (Lipinski definition) is 0. The van der Waals surface area contributed by atoms with E-state index in [0.29, 0.717) is 23.7 Å². The maximum atomic E-state index is 13.3. The first-order valence-corrected chi connectivity index (χ1v) is 11.1. The zero-order valence-corrected chi connectivity index (χ0v) is 18.1. The van der Waals surface area contributed by atoms with Crippen LogP contribution < -0.4 is 4.74 Å². The molecule has 1 aliphatic rings. The zero-order chi connectivity index (χ0) is 20.8. The first-order valence-electron chi connectivity index (χ1n) is 9.67. The lowest BCUT2D eigenvalue weighted by atomic mass is 9.93. The van der Waals surface area contributed by atoms with Gasteiger partial charge in [-0.2, -0.15) is 4.31 Å². The number of methoxy groups -OCH3 is 1. The molecule has 1 aromatic heterocycles. The molecule has 0 spiro atoms. The second kappa shape index (κ2) is 7.48. The average molecular weight is 414 g/mol. The Morgan fingerprint density at radius 2 is 1.72 bits per heavy atom. The van der Waals surface area contributed by atoms with Crippen molar-refractivity contribution in [3.05, 3.63) is 60.3 Å². The molecule has 2 heterocycles. The van der Waals surface area contributed by atoms with Crippen LogP contribution in [0.15, 0.2) is 59.6 Å². The van der Waals surface area contributed by atoms with Gasteiger partial charge in [-0.05, 0) is 50.0 Å². The van der Waals surface area contributed by atoms with Crippen LogP contribution in [0.25, 0.3) is 10.9 Å². The quantitative estimate of drug-likeness (QED) is 0.645. The first-order chi connectivity index (χ1) is 13.8. The monoisotopic (exact) mass is 413 g/mol. The summed E-state index contributed by atoms with van der Waals surface area (Å²) in [6, 6.07) is 15.0. The molecule has 1 saturated heterocycles. The molecule has 154 valence electrons. The van der Waals surface area contributed by atoms with Crippen molar-refractivity contribution in [2.45, 2.75) is 16.9 Å². The Labute approximate surface area is 172 Å². The minimum absolute atomic E-state index is 0.101. The smallest absolute Gasteiger partial charge is 0.243 e. The Balaban J connectivity index is 1.71. The number of rotatable bonds is 5. The van der Waals surface area contributed by atoms with E-state index >= 15 is 0 Å². The summed E-state index contributed by atoms with van der Waals surface area (Å²) in [5.74, 6) is 0.745. The van der Waals surface area contributed by atoms with Crippen molar-refractivity contribution in [3.63, 3.8) is 0 Å². The highest BCUT2D eigenvalue weighted by atomic mass is 32.2. The van der Waals surface area contributed by atoms with Gasteiger partial charge in [-0.15, -0.1) is 0 Å². The van der Waals surface area contributed by atoms with Crippen LogP contribution in [-0.2, 0) is 17.1 Å². The van der Waals surface area contributed by atoms with Gasteiger partial charge in [0.1, 0.15) is 5.75 Å². The largest absolute Gasteiger partial charge is 0.497 e. The van der Waals surface area contributed by atoms with Crippen molar-refractivity contribution in [2.24, 2.45) is 7.05 Å². The number of sulfonamides is 1. The van der Waals surface area contributed by atoms with Gasteiger partial charge in [-0.25, -0.2) is 8.42 Å². The summed E-state index contributed by atoms with van der Waals surface area (Å²) in [4.78, 5) is 2.44. The lowest BCUT2D eigenvalue weighted by Crippen LogP contribution is -2.35. The van der Waals surface area contributed by atoms with Crippen molar-refractivity contribution in [3.8, 4) is 5.75 Å². The van der Waals surface area contributed by atoms with Gasteiger partial charge in [0.15, 0.2) is 0 Å². The van der Waals surface area contributed by atoms with Crippen LogP contribution >= 0.6 is 0 Å². The SMILES string of the molecule is COc1ccc(S(=O)(=O)N2C[C@@H](N(C)C)[C@H](c3cn(C)c4ccccc34)C2)cc1. The second-order valence-corrected chi connectivity index (χ2v) is 9.79. The number of likely N-dealkylation sites (N-methyl/N-ethyl adjacent to an activating group) is 1. The van der Waals surface area contributed by atoms with Gasteiger partial charge in [0, 0.05) is 49.2 Å². The van der Waals surface area contributed by atoms with Gasteiger partial charge in [0.2, 0.25) is 10.0 Å². The summed E-state index contributed by atoms with van der Waals surface area (Å²) in [5.41, 5.74) is 2.37. The Bertz CT molecular complexity index is 1120. The number of aryl methyl sites for hydroxylation is 1. The average Bonchev–Trinajstić information content (AvgIpc) is 3.31. The summed E-state index contributed by atoms with van der Waals surface area (Å²) in [5, 5.41) is 1.19. The number of benzene rings is 2. The molecule has 1 aliphatic heterocycles. The number of para-hydroxylation sites is 1. The summed E-state index contributed by atoms with van der Waals surface area (Å²) in [6.07, 6.45) is 2.15. The fraction of sp³-hybridized carbons (Fsp3) is 0.364. The molecule has 0 radical (unpaired) electrons. The molecule has 0 unspecified atom stereocenters. The predicted octanol–water partition coefficient (Wildman–Crippen LogP) is 2.91. The highest BCUT2D eigenvalue weighted by Gasteiger charge is 2.42. The molecule has 4 rings (SSSR count). The Morgan fingerprint density at radius 1 is 1.03 bits per heavy atom. The van der Waals surface area contributed by atoms with Gasteiger partial charge >= 0.3 is 0 Å². The molecule has 0 saturated carbocycles. The van der Waals surface area contributed by atoms with E-state index in [0.717, 1.165) is 5.52 Å². The van der Waals surface area contributed by atoms with Crippen LogP contribution in [0.5, 0.6) is 5.75 Å². The van der Waals surface area contributed by atoms with Crippen LogP contribution in [-0.4, -0.2) is 62.5 Å². The second-order valence-electron chi connectivity index (χ2n) is 7.85. The Hall–Kier alpha value is -2.35. The molecule has 29 heavy (non-hydrogen) atoms. The molecule has 0 N–H and O–H groups in total. The Kier molecular flexibility index (Phi) is 5.14. The van der Waals surface area contributed by atoms with E-state index in [1.807, 2.05) is 33.3 Å². The van der Waals surface area contributed by atoms with E-state index < -0.39 is 10.0 Å². The molecule has 3 aromatic rings.